The van der Waals surface area contributed by atoms with Gasteiger partial charge in [0.05, 0.1) is 0 Å². The van der Waals surface area contributed by atoms with E-state index in [1.54, 1.807) is 0 Å². The molecule has 0 bridgehead atoms. The normalized spacial score (nSPS) is 9.92. The van der Waals surface area contributed by atoms with Gasteiger partial charge < -0.3 is 9.47 Å². The van der Waals surface area contributed by atoms with Crippen molar-refractivity contribution in [3.8, 4) is 5.75 Å². The van der Waals surface area contributed by atoms with Gasteiger partial charge in [0.2, 0.25) is 0 Å². The number of ether oxygens (including phenoxy) is 2. The molecule has 0 aromatic heterocycles. The Bertz CT molecular complexity index is 243. The molecular formula is C8H8F2O2. The monoisotopic (exact) mass is 174 g/mol. The second kappa shape index (κ2) is 4.01. The minimum Gasteiger partial charge on any atom is -0.461 e. The molecule has 12 heavy (non-hydrogen) atoms. The largest absolute Gasteiger partial charge is 0.461 e. The van der Waals surface area contributed by atoms with Crippen molar-refractivity contribution in [2.24, 2.45) is 0 Å². The molecule has 0 spiro atoms. The highest BCUT2D eigenvalue weighted by Crippen LogP contribution is 2.20. The SMILES string of the molecule is COCOc1c(F)cccc1F. The maximum atomic E-state index is 12.8. The zero-order chi connectivity index (χ0) is 8.97. The molecule has 0 saturated carbocycles. The molecule has 0 aliphatic rings. The predicted molar refractivity (Wildman–Crippen MR) is 38.9 cm³/mol. The lowest BCUT2D eigenvalue weighted by atomic mass is 10.3. The summed E-state index contributed by atoms with van der Waals surface area (Å²) in [5.74, 6) is -1.86. The van der Waals surface area contributed by atoms with Gasteiger partial charge in [-0.1, -0.05) is 6.07 Å². The molecule has 1 rings (SSSR count). The Balaban J connectivity index is 2.81. The van der Waals surface area contributed by atoms with Gasteiger partial charge in [-0.3, -0.25) is 0 Å². The van der Waals surface area contributed by atoms with Crippen LogP contribution in [-0.2, 0) is 4.74 Å². The average molecular weight is 174 g/mol. The van der Waals surface area contributed by atoms with Crippen LogP contribution in [0, 0.1) is 11.6 Å². The van der Waals surface area contributed by atoms with Crippen LogP contribution in [0.15, 0.2) is 18.2 Å². The molecule has 1 aromatic carbocycles. The third-order valence-corrected chi connectivity index (χ3v) is 1.24. The molecule has 0 aliphatic heterocycles. The van der Waals surface area contributed by atoms with E-state index < -0.39 is 17.4 Å². The number of rotatable bonds is 3. The summed E-state index contributed by atoms with van der Waals surface area (Å²) < 4.78 is 34.7. The molecule has 0 aliphatic carbocycles. The second-order valence-corrected chi connectivity index (χ2v) is 2.10. The van der Waals surface area contributed by atoms with E-state index in [2.05, 4.69) is 9.47 Å². The van der Waals surface area contributed by atoms with Crippen molar-refractivity contribution in [3.63, 3.8) is 0 Å². The molecule has 0 unspecified atom stereocenters. The highest BCUT2D eigenvalue weighted by Gasteiger charge is 2.08. The van der Waals surface area contributed by atoms with Gasteiger partial charge in [-0.2, -0.15) is 0 Å². The van der Waals surface area contributed by atoms with Crippen molar-refractivity contribution in [2.45, 2.75) is 0 Å². The summed E-state index contributed by atoms with van der Waals surface area (Å²) in [6.45, 7) is -0.169. The zero-order valence-corrected chi connectivity index (χ0v) is 6.51. The van der Waals surface area contributed by atoms with Crippen molar-refractivity contribution >= 4 is 0 Å². The topological polar surface area (TPSA) is 18.5 Å². The van der Waals surface area contributed by atoms with Gasteiger partial charge in [-0.05, 0) is 12.1 Å². The Morgan fingerprint density at radius 3 is 2.33 bits per heavy atom. The van der Waals surface area contributed by atoms with Gasteiger partial charge in [0.15, 0.2) is 24.2 Å². The van der Waals surface area contributed by atoms with E-state index in [1.165, 1.54) is 13.2 Å². The lowest BCUT2D eigenvalue weighted by Gasteiger charge is -2.05. The quantitative estimate of drug-likeness (QED) is 0.652. The minimum atomic E-state index is -0.730. The average Bonchev–Trinajstić information content (AvgIpc) is 2.04. The number of methoxy groups -OCH3 is 1. The Morgan fingerprint density at radius 1 is 1.25 bits per heavy atom. The minimum absolute atomic E-state index is 0.169. The third-order valence-electron chi connectivity index (χ3n) is 1.24. The maximum absolute atomic E-state index is 12.8. The van der Waals surface area contributed by atoms with Crippen LogP contribution in [0.1, 0.15) is 0 Å². The fraction of sp³-hybridized carbons (Fsp3) is 0.250. The number of halogens is 2. The van der Waals surface area contributed by atoms with Gasteiger partial charge in [0.1, 0.15) is 0 Å². The Kier molecular flexibility index (Phi) is 2.99. The number of hydrogen-bond acceptors (Lipinski definition) is 2. The molecule has 66 valence electrons. The highest BCUT2D eigenvalue weighted by atomic mass is 19.1. The smallest absolute Gasteiger partial charge is 0.193 e. The second-order valence-electron chi connectivity index (χ2n) is 2.10. The van der Waals surface area contributed by atoms with Crippen molar-refractivity contribution in [3.05, 3.63) is 29.8 Å². The van der Waals surface area contributed by atoms with Crippen LogP contribution < -0.4 is 4.74 Å². The first-order valence-corrected chi connectivity index (χ1v) is 3.31. The van der Waals surface area contributed by atoms with E-state index in [9.17, 15) is 8.78 Å². The van der Waals surface area contributed by atoms with Crippen molar-refractivity contribution in [1.82, 2.24) is 0 Å². The van der Waals surface area contributed by atoms with Gasteiger partial charge in [-0.25, -0.2) is 8.78 Å². The Labute approximate surface area is 68.7 Å². The Hall–Kier alpha value is -1.16. The van der Waals surface area contributed by atoms with E-state index in [-0.39, 0.29) is 6.79 Å². The van der Waals surface area contributed by atoms with Crippen molar-refractivity contribution in [1.29, 1.82) is 0 Å². The van der Waals surface area contributed by atoms with Crippen LogP contribution in [-0.4, -0.2) is 13.9 Å². The Morgan fingerprint density at radius 2 is 1.83 bits per heavy atom. The van der Waals surface area contributed by atoms with Gasteiger partial charge in [-0.15, -0.1) is 0 Å². The van der Waals surface area contributed by atoms with Gasteiger partial charge in [0, 0.05) is 7.11 Å². The summed E-state index contributed by atoms with van der Waals surface area (Å²) in [6.07, 6.45) is 0. The molecule has 0 N–H and O–H groups in total. The van der Waals surface area contributed by atoms with Crippen molar-refractivity contribution in [2.75, 3.05) is 13.9 Å². The number of hydrogen-bond donors (Lipinski definition) is 0. The summed E-state index contributed by atoms with van der Waals surface area (Å²) in [6, 6.07) is 3.51. The highest BCUT2D eigenvalue weighted by molar-refractivity contribution is 5.25. The van der Waals surface area contributed by atoms with E-state index in [0.717, 1.165) is 12.1 Å². The number of para-hydroxylation sites is 1. The van der Waals surface area contributed by atoms with Crippen molar-refractivity contribution < 1.29 is 18.3 Å². The van der Waals surface area contributed by atoms with Crippen LogP contribution in [0.3, 0.4) is 0 Å². The van der Waals surface area contributed by atoms with E-state index in [0.29, 0.717) is 0 Å². The number of benzene rings is 1. The zero-order valence-electron chi connectivity index (χ0n) is 6.51. The first-order chi connectivity index (χ1) is 5.75. The molecule has 1 aromatic rings. The maximum Gasteiger partial charge on any atom is 0.193 e. The van der Waals surface area contributed by atoms with Crippen LogP contribution in [0.5, 0.6) is 5.75 Å². The van der Waals surface area contributed by atoms with E-state index in [1.807, 2.05) is 0 Å². The fourth-order valence-electron chi connectivity index (χ4n) is 0.738. The molecule has 0 amide bonds. The molecule has 0 saturated heterocycles. The van der Waals surface area contributed by atoms with Crippen LogP contribution in [0.25, 0.3) is 0 Å². The summed E-state index contributed by atoms with van der Waals surface area (Å²) in [7, 11) is 1.37. The summed E-state index contributed by atoms with van der Waals surface area (Å²) >= 11 is 0. The van der Waals surface area contributed by atoms with E-state index in [4.69, 9.17) is 0 Å². The van der Waals surface area contributed by atoms with Gasteiger partial charge in [0.25, 0.3) is 0 Å². The summed E-state index contributed by atoms with van der Waals surface area (Å²) in [5.41, 5.74) is 0. The van der Waals surface area contributed by atoms with Gasteiger partial charge >= 0.3 is 0 Å². The fourth-order valence-corrected chi connectivity index (χ4v) is 0.738. The predicted octanol–water partition coefficient (Wildman–Crippen LogP) is 1.95. The van der Waals surface area contributed by atoms with E-state index >= 15 is 0 Å². The van der Waals surface area contributed by atoms with Crippen LogP contribution >= 0.6 is 0 Å². The molecule has 4 heteroatoms. The standard InChI is InChI=1S/C8H8F2O2/c1-11-5-12-8-6(9)3-2-4-7(8)10/h2-4H,5H2,1H3. The summed E-state index contributed by atoms with van der Waals surface area (Å²) in [5, 5.41) is 0. The first kappa shape index (κ1) is 8.93. The van der Waals surface area contributed by atoms with Crippen LogP contribution in [0.4, 0.5) is 8.78 Å². The molecule has 2 nitrogen and oxygen atoms in total. The third kappa shape index (κ3) is 1.92. The molecule has 0 atom stereocenters. The first-order valence-electron chi connectivity index (χ1n) is 3.31. The summed E-state index contributed by atoms with van der Waals surface area (Å²) in [4.78, 5) is 0. The lowest BCUT2D eigenvalue weighted by Crippen LogP contribution is -2.02. The lowest BCUT2D eigenvalue weighted by molar-refractivity contribution is 0.0452. The molecule has 0 heterocycles. The molecule has 0 fully saturated rings. The molecular weight excluding hydrogens is 166 g/mol. The van der Waals surface area contributed by atoms with Crippen LogP contribution in [0.2, 0.25) is 0 Å². The molecule has 0 radical (unpaired) electrons.